The Morgan fingerprint density at radius 1 is 1.00 bits per heavy atom. The molecule has 0 radical (unpaired) electrons. The van der Waals surface area contributed by atoms with Crippen molar-refractivity contribution in [1.82, 2.24) is 24.5 Å². The first kappa shape index (κ1) is 18.1. The third-order valence-electron chi connectivity index (χ3n) is 4.51. The Balaban J connectivity index is 1.90. The van der Waals surface area contributed by atoms with Crippen molar-refractivity contribution in [2.75, 3.05) is 19.8 Å². The van der Waals surface area contributed by atoms with Crippen LogP contribution in [-0.4, -0.2) is 47.0 Å². The highest BCUT2D eigenvalue weighted by Gasteiger charge is 2.22. The lowest BCUT2D eigenvalue weighted by Gasteiger charge is -2.14. The minimum absolute atomic E-state index is 0.0184. The van der Waals surface area contributed by atoms with Crippen molar-refractivity contribution in [2.45, 2.75) is 4.90 Å². The molecule has 0 unspecified atom stereocenters. The minimum atomic E-state index is -3.70. The summed E-state index contributed by atoms with van der Waals surface area (Å²) >= 11 is 0. The van der Waals surface area contributed by atoms with Gasteiger partial charge in [0, 0.05) is 49.2 Å². The number of H-pyrrole nitrogens is 1. The number of aromatic amines is 1. The number of anilines is 1. The Morgan fingerprint density at radius 3 is 2.54 bits per heavy atom. The van der Waals surface area contributed by atoms with Crippen LogP contribution in [0.5, 0.6) is 0 Å². The average Bonchev–Trinajstić information content (AvgIpc) is 3.22. The molecular formula is C19H18N6O2S. The van der Waals surface area contributed by atoms with Crippen LogP contribution < -0.4 is 5.73 Å². The summed E-state index contributed by atoms with van der Waals surface area (Å²) in [5.41, 5.74) is 9.93. The number of hydrogen-bond acceptors (Lipinski definition) is 6. The lowest BCUT2D eigenvalue weighted by atomic mass is 10.0. The zero-order chi connectivity index (χ0) is 19.9. The zero-order valence-electron chi connectivity index (χ0n) is 15.3. The highest BCUT2D eigenvalue weighted by Crippen LogP contribution is 2.32. The first-order valence-electron chi connectivity index (χ1n) is 8.45. The van der Waals surface area contributed by atoms with Gasteiger partial charge in [0.15, 0.2) is 0 Å². The molecule has 0 aliphatic heterocycles. The molecule has 0 atom stereocenters. The van der Waals surface area contributed by atoms with E-state index in [0.29, 0.717) is 5.56 Å². The summed E-state index contributed by atoms with van der Waals surface area (Å²) in [6, 6.07) is 11.1. The fourth-order valence-electron chi connectivity index (χ4n) is 2.98. The van der Waals surface area contributed by atoms with E-state index < -0.39 is 10.0 Å². The quantitative estimate of drug-likeness (QED) is 0.549. The Labute approximate surface area is 162 Å². The Bertz CT molecular complexity index is 1270. The molecule has 0 saturated heterocycles. The van der Waals surface area contributed by atoms with E-state index in [9.17, 15) is 8.42 Å². The third kappa shape index (κ3) is 3.00. The number of rotatable bonds is 4. The number of nitrogens with one attached hydrogen (secondary N) is 1. The lowest BCUT2D eigenvalue weighted by Crippen LogP contribution is -2.23. The maximum Gasteiger partial charge on any atom is 0.246 e. The fourth-order valence-corrected chi connectivity index (χ4v) is 3.97. The topological polar surface area (TPSA) is 118 Å². The molecule has 0 bridgehead atoms. The highest BCUT2D eigenvalue weighted by molar-refractivity contribution is 7.89. The van der Waals surface area contributed by atoms with Crippen LogP contribution in [0.1, 0.15) is 0 Å². The van der Waals surface area contributed by atoms with Crippen LogP contribution in [-0.2, 0) is 10.0 Å². The van der Waals surface area contributed by atoms with E-state index in [1.165, 1.54) is 14.1 Å². The molecular weight excluding hydrogens is 376 g/mol. The largest absolute Gasteiger partial charge is 0.383 e. The van der Waals surface area contributed by atoms with Crippen molar-refractivity contribution in [3.63, 3.8) is 0 Å². The molecule has 8 nitrogen and oxygen atoms in total. The monoisotopic (exact) mass is 394 g/mol. The van der Waals surface area contributed by atoms with Crippen LogP contribution in [0.3, 0.4) is 0 Å². The van der Waals surface area contributed by atoms with Crippen LogP contribution in [0.25, 0.3) is 33.3 Å². The second-order valence-corrected chi connectivity index (χ2v) is 8.58. The first-order valence-corrected chi connectivity index (χ1v) is 9.89. The fraction of sp³-hybridized carbons (Fsp3) is 0.105. The van der Waals surface area contributed by atoms with E-state index in [2.05, 4.69) is 20.2 Å². The molecule has 9 heteroatoms. The maximum absolute atomic E-state index is 12.5. The molecule has 0 fully saturated rings. The van der Waals surface area contributed by atoms with E-state index in [-0.39, 0.29) is 10.7 Å². The standard InChI is InChI=1S/C19H18N6O2S/c1-25(2)28(26,27)18-10-13(11-22-19(18)20)12-3-4-16-15(9-12)14(5-7-21-16)17-6-8-23-24-17/h3-11H,1-2H3,(H2,20,22)(H,23,24). The smallest absolute Gasteiger partial charge is 0.246 e. The van der Waals surface area contributed by atoms with Crippen molar-refractivity contribution in [2.24, 2.45) is 0 Å². The van der Waals surface area contributed by atoms with Gasteiger partial charge in [-0.15, -0.1) is 0 Å². The van der Waals surface area contributed by atoms with Crippen LogP contribution in [0.2, 0.25) is 0 Å². The molecule has 142 valence electrons. The van der Waals surface area contributed by atoms with Gasteiger partial charge in [-0.05, 0) is 35.9 Å². The van der Waals surface area contributed by atoms with Gasteiger partial charge in [-0.25, -0.2) is 17.7 Å². The number of sulfonamides is 1. The highest BCUT2D eigenvalue weighted by atomic mass is 32.2. The SMILES string of the molecule is CN(C)S(=O)(=O)c1cc(-c2ccc3nccc(-c4ccn[nH]4)c3c2)cnc1N. The van der Waals surface area contributed by atoms with E-state index in [1.54, 1.807) is 24.7 Å². The van der Waals surface area contributed by atoms with Crippen molar-refractivity contribution in [1.29, 1.82) is 0 Å². The number of benzene rings is 1. The molecule has 4 rings (SSSR count). The van der Waals surface area contributed by atoms with Crippen molar-refractivity contribution < 1.29 is 8.42 Å². The second kappa shape index (κ2) is 6.70. The van der Waals surface area contributed by atoms with Crippen molar-refractivity contribution in [3.05, 3.63) is 55.0 Å². The normalized spacial score (nSPS) is 12.0. The van der Waals surface area contributed by atoms with E-state index in [0.717, 1.165) is 32.0 Å². The summed E-state index contributed by atoms with van der Waals surface area (Å²) < 4.78 is 26.2. The molecule has 0 spiro atoms. The minimum Gasteiger partial charge on any atom is -0.383 e. The number of pyridine rings is 2. The maximum atomic E-state index is 12.5. The summed E-state index contributed by atoms with van der Waals surface area (Å²) in [6.07, 6.45) is 5.00. The molecule has 4 aromatic rings. The van der Waals surface area contributed by atoms with Gasteiger partial charge in [0.25, 0.3) is 0 Å². The molecule has 0 aliphatic carbocycles. The van der Waals surface area contributed by atoms with Gasteiger partial charge in [-0.1, -0.05) is 6.07 Å². The zero-order valence-corrected chi connectivity index (χ0v) is 16.1. The van der Waals surface area contributed by atoms with Crippen molar-refractivity contribution >= 4 is 26.7 Å². The Morgan fingerprint density at radius 2 is 1.82 bits per heavy atom. The van der Waals surface area contributed by atoms with Gasteiger partial charge in [0.1, 0.15) is 10.7 Å². The Kier molecular flexibility index (Phi) is 4.33. The summed E-state index contributed by atoms with van der Waals surface area (Å²) in [5, 5.41) is 7.89. The van der Waals surface area contributed by atoms with Gasteiger partial charge in [0.2, 0.25) is 10.0 Å². The van der Waals surface area contributed by atoms with Crippen molar-refractivity contribution in [3.8, 4) is 22.4 Å². The predicted octanol–water partition coefficient (Wildman–Crippen LogP) is 2.52. The summed E-state index contributed by atoms with van der Waals surface area (Å²) in [6.45, 7) is 0. The van der Waals surface area contributed by atoms with Crippen LogP contribution in [0.15, 0.2) is 59.9 Å². The third-order valence-corrected chi connectivity index (χ3v) is 6.35. The molecule has 1 aromatic carbocycles. The van der Waals surface area contributed by atoms with Gasteiger partial charge >= 0.3 is 0 Å². The van der Waals surface area contributed by atoms with Gasteiger partial charge in [0.05, 0.1) is 11.2 Å². The van der Waals surface area contributed by atoms with Crippen LogP contribution in [0, 0.1) is 0 Å². The molecule has 0 saturated carbocycles. The summed E-state index contributed by atoms with van der Waals surface area (Å²) in [7, 11) is -0.788. The van der Waals surface area contributed by atoms with Gasteiger partial charge < -0.3 is 5.73 Å². The number of fused-ring (bicyclic) bond motifs is 1. The second-order valence-electron chi connectivity index (χ2n) is 6.46. The van der Waals surface area contributed by atoms with E-state index >= 15 is 0 Å². The Hall–Kier alpha value is -3.30. The summed E-state index contributed by atoms with van der Waals surface area (Å²) in [4.78, 5) is 8.49. The molecule has 0 aliphatic rings. The number of hydrogen-bond donors (Lipinski definition) is 2. The van der Waals surface area contributed by atoms with E-state index in [1.807, 2.05) is 30.3 Å². The molecule has 3 aromatic heterocycles. The average molecular weight is 394 g/mol. The molecule has 3 N–H and O–H groups in total. The van der Waals surface area contributed by atoms with Gasteiger partial charge in [-0.2, -0.15) is 5.10 Å². The number of nitrogens with zero attached hydrogens (tertiary/aromatic N) is 4. The number of nitrogens with two attached hydrogens (primary N) is 1. The van der Waals surface area contributed by atoms with E-state index in [4.69, 9.17) is 5.73 Å². The first-order chi connectivity index (χ1) is 13.4. The molecule has 0 amide bonds. The summed E-state index contributed by atoms with van der Waals surface area (Å²) in [5.74, 6) is -0.0296. The molecule has 3 heterocycles. The lowest BCUT2D eigenvalue weighted by molar-refractivity contribution is 0.521. The molecule has 28 heavy (non-hydrogen) atoms. The van der Waals surface area contributed by atoms with Crippen LogP contribution in [0.4, 0.5) is 5.82 Å². The van der Waals surface area contributed by atoms with Crippen LogP contribution >= 0.6 is 0 Å². The van der Waals surface area contributed by atoms with Gasteiger partial charge in [-0.3, -0.25) is 10.1 Å². The predicted molar refractivity (Wildman–Crippen MR) is 108 cm³/mol. The number of aromatic nitrogens is 4. The number of nitrogen functional groups attached to an aromatic ring is 1.